The van der Waals surface area contributed by atoms with Gasteiger partial charge in [-0.25, -0.2) is 4.39 Å². The topological polar surface area (TPSA) is 35.8 Å². The highest BCUT2D eigenvalue weighted by Crippen LogP contribution is 2.10. The van der Waals surface area contributed by atoms with Crippen molar-refractivity contribution in [1.82, 2.24) is 5.32 Å². The van der Waals surface area contributed by atoms with E-state index in [2.05, 4.69) is 24.4 Å². The zero-order valence-corrected chi connectivity index (χ0v) is 11.5. The molecule has 0 aliphatic heterocycles. The van der Waals surface area contributed by atoms with Crippen LogP contribution in [0.1, 0.15) is 22.3 Å². The summed E-state index contributed by atoms with van der Waals surface area (Å²) in [6.07, 6.45) is 0.909. The lowest BCUT2D eigenvalue weighted by atomic mass is 10.1. The molecular weight excluding hydrogens is 251 g/mol. The predicted molar refractivity (Wildman–Crippen MR) is 77.7 cm³/mol. The van der Waals surface area contributed by atoms with Crippen LogP contribution in [0, 0.1) is 24.1 Å². The highest BCUT2D eigenvalue weighted by molar-refractivity contribution is 5.33. The van der Waals surface area contributed by atoms with Gasteiger partial charge in [0.05, 0.1) is 11.6 Å². The van der Waals surface area contributed by atoms with Crippen LogP contribution >= 0.6 is 0 Å². The van der Waals surface area contributed by atoms with Gasteiger partial charge in [-0.05, 0) is 49.2 Å². The monoisotopic (exact) mass is 268 g/mol. The Morgan fingerprint density at radius 1 is 1.15 bits per heavy atom. The minimum absolute atomic E-state index is 0.271. The lowest BCUT2D eigenvalue weighted by Gasteiger charge is -2.08. The first-order chi connectivity index (χ1) is 9.70. The molecule has 2 aromatic carbocycles. The van der Waals surface area contributed by atoms with Gasteiger partial charge in [0.1, 0.15) is 5.82 Å². The van der Waals surface area contributed by atoms with E-state index in [1.807, 2.05) is 18.2 Å². The van der Waals surface area contributed by atoms with Crippen molar-refractivity contribution in [2.75, 3.05) is 6.54 Å². The summed E-state index contributed by atoms with van der Waals surface area (Å²) in [7, 11) is 0. The van der Waals surface area contributed by atoms with Crippen molar-refractivity contribution < 1.29 is 4.39 Å². The number of aryl methyl sites for hydroxylation is 1. The van der Waals surface area contributed by atoms with Gasteiger partial charge < -0.3 is 5.32 Å². The van der Waals surface area contributed by atoms with Crippen LogP contribution in [0.25, 0.3) is 0 Å². The van der Waals surface area contributed by atoms with Crippen molar-refractivity contribution in [2.45, 2.75) is 19.9 Å². The summed E-state index contributed by atoms with van der Waals surface area (Å²) in [5.41, 5.74) is 3.59. The van der Waals surface area contributed by atoms with Gasteiger partial charge in [-0.3, -0.25) is 0 Å². The molecule has 0 amide bonds. The summed E-state index contributed by atoms with van der Waals surface area (Å²) in [5.74, 6) is -0.271. The first-order valence-electron chi connectivity index (χ1n) is 6.64. The smallest absolute Gasteiger partial charge is 0.127 e. The van der Waals surface area contributed by atoms with E-state index in [1.165, 1.54) is 23.3 Å². The van der Waals surface area contributed by atoms with Gasteiger partial charge in [-0.15, -0.1) is 0 Å². The molecule has 0 spiro atoms. The molecule has 2 aromatic rings. The summed E-state index contributed by atoms with van der Waals surface area (Å²) in [6.45, 7) is 3.31. The second-order valence-electron chi connectivity index (χ2n) is 4.77. The third-order valence-corrected chi connectivity index (χ3v) is 3.32. The maximum absolute atomic E-state index is 13.6. The Balaban J connectivity index is 1.88. The van der Waals surface area contributed by atoms with E-state index < -0.39 is 0 Å². The van der Waals surface area contributed by atoms with Crippen LogP contribution in [0.4, 0.5) is 4.39 Å². The number of halogens is 1. The number of hydrogen-bond donors (Lipinski definition) is 1. The Morgan fingerprint density at radius 3 is 2.70 bits per heavy atom. The average molecular weight is 268 g/mol. The Hall–Kier alpha value is -2.18. The maximum atomic E-state index is 13.6. The average Bonchev–Trinajstić information content (AvgIpc) is 2.47. The standard InChI is InChI=1S/C17H17FN2/c1-13-4-2-3-5-15(13)8-9-20-12-16-10-14(11-19)6-7-17(16)18/h2-7,10,20H,8-9,12H2,1H3. The molecular formula is C17H17FN2. The summed E-state index contributed by atoms with van der Waals surface area (Å²) in [4.78, 5) is 0. The molecule has 0 aliphatic carbocycles. The molecule has 0 unspecified atom stereocenters. The Kier molecular flexibility index (Phi) is 4.86. The zero-order valence-electron chi connectivity index (χ0n) is 11.5. The zero-order chi connectivity index (χ0) is 14.4. The molecule has 2 rings (SSSR count). The fraction of sp³-hybridized carbons (Fsp3) is 0.235. The number of nitriles is 1. The van der Waals surface area contributed by atoms with Crippen LogP contribution in [0.5, 0.6) is 0 Å². The Morgan fingerprint density at radius 2 is 1.95 bits per heavy atom. The number of rotatable bonds is 5. The second kappa shape index (κ2) is 6.83. The van der Waals surface area contributed by atoms with Crippen molar-refractivity contribution in [3.63, 3.8) is 0 Å². The largest absolute Gasteiger partial charge is 0.312 e. The summed E-state index contributed by atoms with van der Waals surface area (Å²) in [6, 6.07) is 14.7. The maximum Gasteiger partial charge on any atom is 0.127 e. The number of benzene rings is 2. The normalized spacial score (nSPS) is 10.2. The van der Waals surface area contributed by atoms with E-state index in [0.717, 1.165) is 13.0 Å². The highest BCUT2D eigenvalue weighted by atomic mass is 19.1. The molecule has 102 valence electrons. The van der Waals surface area contributed by atoms with E-state index in [1.54, 1.807) is 6.07 Å². The van der Waals surface area contributed by atoms with Gasteiger partial charge in [0.25, 0.3) is 0 Å². The van der Waals surface area contributed by atoms with E-state index in [9.17, 15) is 4.39 Å². The molecule has 2 nitrogen and oxygen atoms in total. The van der Waals surface area contributed by atoms with Crippen molar-refractivity contribution >= 4 is 0 Å². The predicted octanol–water partition coefficient (Wildman–Crippen LogP) is 3.34. The van der Waals surface area contributed by atoms with Crippen LogP contribution in [0.15, 0.2) is 42.5 Å². The molecule has 0 heterocycles. The third kappa shape index (κ3) is 3.66. The first-order valence-corrected chi connectivity index (χ1v) is 6.64. The molecule has 1 N–H and O–H groups in total. The van der Waals surface area contributed by atoms with E-state index in [0.29, 0.717) is 17.7 Å². The van der Waals surface area contributed by atoms with Gasteiger partial charge in [0, 0.05) is 12.1 Å². The quantitative estimate of drug-likeness (QED) is 0.844. The summed E-state index contributed by atoms with van der Waals surface area (Å²) in [5, 5.41) is 12.0. The van der Waals surface area contributed by atoms with Crippen LogP contribution < -0.4 is 5.32 Å². The summed E-state index contributed by atoms with van der Waals surface area (Å²) >= 11 is 0. The molecule has 0 radical (unpaired) electrons. The fourth-order valence-electron chi connectivity index (χ4n) is 2.12. The lowest BCUT2D eigenvalue weighted by Crippen LogP contribution is -2.18. The lowest BCUT2D eigenvalue weighted by molar-refractivity contribution is 0.588. The third-order valence-electron chi connectivity index (χ3n) is 3.32. The van der Waals surface area contributed by atoms with Gasteiger partial charge in [0.2, 0.25) is 0 Å². The molecule has 0 atom stereocenters. The SMILES string of the molecule is Cc1ccccc1CCNCc1cc(C#N)ccc1F. The highest BCUT2D eigenvalue weighted by Gasteiger charge is 2.03. The molecule has 0 saturated heterocycles. The molecule has 0 bridgehead atoms. The number of nitrogens with one attached hydrogen (secondary N) is 1. The second-order valence-corrected chi connectivity index (χ2v) is 4.77. The van der Waals surface area contributed by atoms with Crippen LogP contribution in [0.2, 0.25) is 0 Å². The van der Waals surface area contributed by atoms with Crippen LogP contribution in [-0.4, -0.2) is 6.54 Å². The van der Waals surface area contributed by atoms with E-state index in [4.69, 9.17) is 5.26 Å². The van der Waals surface area contributed by atoms with E-state index >= 15 is 0 Å². The molecule has 0 aliphatic rings. The van der Waals surface area contributed by atoms with Crippen molar-refractivity contribution in [3.8, 4) is 6.07 Å². The van der Waals surface area contributed by atoms with Gasteiger partial charge in [0.15, 0.2) is 0 Å². The Bertz CT molecular complexity index is 629. The van der Waals surface area contributed by atoms with E-state index in [-0.39, 0.29) is 5.82 Å². The number of nitrogens with zero attached hydrogens (tertiary/aromatic N) is 1. The van der Waals surface area contributed by atoms with Gasteiger partial charge in [-0.1, -0.05) is 24.3 Å². The van der Waals surface area contributed by atoms with Gasteiger partial charge >= 0.3 is 0 Å². The minimum atomic E-state index is -0.271. The van der Waals surface area contributed by atoms with Gasteiger partial charge in [-0.2, -0.15) is 5.26 Å². The molecule has 0 aromatic heterocycles. The van der Waals surface area contributed by atoms with Crippen molar-refractivity contribution in [1.29, 1.82) is 5.26 Å². The summed E-state index contributed by atoms with van der Waals surface area (Å²) < 4.78 is 13.6. The molecule has 3 heteroatoms. The molecule has 0 saturated carbocycles. The fourth-order valence-corrected chi connectivity index (χ4v) is 2.12. The molecule has 20 heavy (non-hydrogen) atoms. The molecule has 0 fully saturated rings. The van der Waals surface area contributed by atoms with Crippen molar-refractivity contribution in [2.24, 2.45) is 0 Å². The first kappa shape index (κ1) is 14.2. The van der Waals surface area contributed by atoms with Crippen LogP contribution in [-0.2, 0) is 13.0 Å². The van der Waals surface area contributed by atoms with Crippen molar-refractivity contribution in [3.05, 3.63) is 70.5 Å². The Labute approximate surface area is 118 Å². The minimum Gasteiger partial charge on any atom is -0.312 e. The van der Waals surface area contributed by atoms with Crippen LogP contribution in [0.3, 0.4) is 0 Å². The number of hydrogen-bond acceptors (Lipinski definition) is 2.